The highest BCUT2D eigenvalue weighted by Gasteiger charge is 2.15. The summed E-state index contributed by atoms with van der Waals surface area (Å²) in [6.07, 6.45) is 3.95. The molecule has 92 valence electrons. The van der Waals surface area contributed by atoms with Gasteiger partial charge in [-0.25, -0.2) is 0 Å². The van der Waals surface area contributed by atoms with Crippen LogP contribution in [-0.4, -0.2) is 37.1 Å². The molecule has 2 heterocycles. The first-order chi connectivity index (χ1) is 8.29. The number of rotatable bonds is 3. The van der Waals surface area contributed by atoms with Crippen molar-refractivity contribution in [3.8, 4) is 5.75 Å². The van der Waals surface area contributed by atoms with Gasteiger partial charge in [-0.05, 0) is 25.5 Å². The summed E-state index contributed by atoms with van der Waals surface area (Å²) in [5.74, 6) is 0.504. The summed E-state index contributed by atoms with van der Waals surface area (Å²) in [6.45, 7) is 1.91. The van der Waals surface area contributed by atoms with Gasteiger partial charge in [0.1, 0.15) is 17.5 Å². The van der Waals surface area contributed by atoms with Gasteiger partial charge in [0.15, 0.2) is 0 Å². The van der Waals surface area contributed by atoms with E-state index < -0.39 is 0 Å². The molecule has 1 aliphatic heterocycles. The second kappa shape index (κ2) is 5.63. The maximum Gasteiger partial charge on any atom is 0.269 e. The van der Waals surface area contributed by atoms with Gasteiger partial charge >= 0.3 is 0 Å². The molecule has 0 radical (unpaired) electrons. The molecule has 0 aliphatic carbocycles. The first-order valence-electron chi connectivity index (χ1n) is 5.85. The lowest BCUT2D eigenvalue weighted by Gasteiger charge is -2.23. The van der Waals surface area contributed by atoms with Crippen LogP contribution in [0.1, 0.15) is 23.3 Å². The summed E-state index contributed by atoms with van der Waals surface area (Å²) in [5.41, 5.74) is 0.383. The minimum Gasteiger partial charge on any atom is -0.489 e. The van der Waals surface area contributed by atoms with Crippen molar-refractivity contribution in [2.45, 2.75) is 18.9 Å². The Morgan fingerprint density at radius 3 is 3.24 bits per heavy atom. The van der Waals surface area contributed by atoms with Crippen LogP contribution < -0.4 is 15.4 Å². The predicted molar refractivity (Wildman–Crippen MR) is 64.1 cm³/mol. The number of hydrogen-bond donors (Lipinski definition) is 2. The Labute approximate surface area is 101 Å². The standard InChI is InChI=1S/C12H17N3O2/c1-13-12(16)11-7-9(4-6-15-11)17-10-3-2-5-14-8-10/h4,6-7,10,14H,2-3,5,8H2,1H3,(H,13,16). The Hall–Kier alpha value is -1.62. The van der Waals surface area contributed by atoms with E-state index in [1.807, 2.05) is 0 Å². The maximum absolute atomic E-state index is 11.4. The Kier molecular flexibility index (Phi) is 3.93. The van der Waals surface area contributed by atoms with E-state index in [0.29, 0.717) is 11.4 Å². The molecule has 1 unspecified atom stereocenters. The van der Waals surface area contributed by atoms with Crippen LogP contribution in [0, 0.1) is 0 Å². The Morgan fingerprint density at radius 1 is 1.65 bits per heavy atom. The molecule has 1 aromatic rings. The number of ether oxygens (including phenoxy) is 1. The van der Waals surface area contributed by atoms with Crippen LogP contribution in [0.25, 0.3) is 0 Å². The minimum atomic E-state index is -0.197. The van der Waals surface area contributed by atoms with Crippen LogP contribution in [-0.2, 0) is 0 Å². The lowest BCUT2D eigenvalue weighted by molar-refractivity contribution is 0.0957. The van der Waals surface area contributed by atoms with Gasteiger partial charge in [-0.15, -0.1) is 0 Å². The van der Waals surface area contributed by atoms with Crippen molar-refractivity contribution in [1.29, 1.82) is 0 Å². The smallest absolute Gasteiger partial charge is 0.269 e. The molecule has 0 aromatic carbocycles. The number of carbonyl (C=O) groups is 1. The van der Waals surface area contributed by atoms with Gasteiger partial charge in [0.25, 0.3) is 5.91 Å². The Bertz CT molecular complexity index is 389. The van der Waals surface area contributed by atoms with Crippen molar-refractivity contribution >= 4 is 5.91 Å². The molecule has 1 amide bonds. The maximum atomic E-state index is 11.4. The van der Waals surface area contributed by atoms with E-state index >= 15 is 0 Å². The third-order valence-corrected chi connectivity index (χ3v) is 2.75. The van der Waals surface area contributed by atoms with Gasteiger partial charge in [0.2, 0.25) is 0 Å². The summed E-state index contributed by atoms with van der Waals surface area (Å²) < 4.78 is 5.81. The highest BCUT2D eigenvalue weighted by atomic mass is 16.5. The number of aromatic nitrogens is 1. The first-order valence-corrected chi connectivity index (χ1v) is 5.85. The molecule has 0 bridgehead atoms. The molecule has 0 spiro atoms. The lowest BCUT2D eigenvalue weighted by Crippen LogP contribution is -2.37. The van der Waals surface area contributed by atoms with Gasteiger partial charge in [0, 0.05) is 25.9 Å². The first kappa shape index (κ1) is 11.9. The number of pyridine rings is 1. The van der Waals surface area contributed by atoms with Crippen molar-refractivity contribution in [1.82, 2.24) is 15.6 Å². The van der Waals surface area contributed by atoms with E-state index in [-0.39, 0.29) is 12.0 Å². The monoisotopic (exact) mass is 235 g/mol. The summed E-state index contributed by atoms with van der Waals surface area (Å²) in [5, 5.41) is 5.83. The molecule has 17 heavy (non-hydrogen) atoms. The van der Waals surface area contributed by atoms with Crippen molar-refractivity contribution in [2.75, 3.05) is 20.1 Å². The van der Waals surface area contributed by atoms with Gasteiger partial charge in [-0.1, -0.05) is 0 Å². The van der Waals surface area contributed by atoms with E-state index in [1.54, 1.807) is 25.4 Å². The van der Waals surface area contributed by atoms with Crippen LogP contribution in [0.5, 0.6) is 5.75 Å². The number of nitrogens with one attached hydrogen (secondary N) is 2. The largest absolute Gasteiger partial charge is 0.489 e. The zero-order valence-corrected chi connectivity index (χ0v) is 9.90. The molecule has 0 saturated carbocycles. The highest BCUT2D eigenvalue weighted by molar-refractivity contribution is 5.92. The third kappa shape index (κ3) is 3.17. The van der Waals surface area contributed by atoms with E-state index in [1.165, 1.54) is 0 Å². The molecule has 1 fully saturated rings. The van der Waals surface area contributed by atoms with Gasteiger partial charge in [0.05, 0.1) is 0 Å². The fourth-order valence-corrected chi connectivity index (χ4v) is 1.85. The van der Waals surface area contributed by atoms with Crippen molar-refractivity contribution in [2.24, 2.45) is 0 Å². The highest BCUT2D eigenvalue weighted by Crippen LogP contribution is 2.16. The van der Waals surface area contributed by atoms with E-state index in [0.717, 1.165) is 25.9 Å². The SMILES string of the molecule is CNC(=O)c1cc(OC2CCCNC2)ccn1. The minimum absolute atomic E-state index is 0.184. The van der Waals surface area contributed by atoms with Gasteiger partial charge < -0.3 is 15.4 Å². The second-order valence-electron chi connectivity index (χ2n) is 4.04. The molecular formula is C12H17N3O2. The molecule has 2 rings (SSSR count). The summed E-state index contributed by atoms with van der Waals surface area (Å²) in [7, 11) is 1.59. The molecular weight excluding hydrogens is 218 g/mol. The number of hydrogen-bond acceptors (Lipinski definition) is 4. The van der Waals surface area contributed by atoms with Crippen molar-refractivity contribution < 1.29 is 9.53 Å². The van der Waals surface area contributed by atoms with Crippen LogP contribution >= 0.6 is 0 Å². The number of piperidine rings is 1. The second-order valence-corrected chi connectivity index (χ2v) is 4.04. The van der Waals surface area contributed by atoms with E-state index in [9.17, 15) is 4.79 Å². The lowest BCUT2D eigenvalue weighted by atomic mass is 10.1. The van der Waals surface area contributed by atoms with E-state index in [2.05, 4.69) is 15.6 Å². The van der Waals surface area contributed by atoms with Crippen molar-refractivity contribution in [3.63, 3.8) is 0 Å². The van der Waals surface area contributed by atoms with Crippen LogP contribution in [0.15, 0.2) is 18.3 Å². The molecule has 5 heteroatoms. The summed E-state index contributed by atoms with van der Waals surface area (Å²) in [4.78, 5) is 15.4. The van der Waals surface area contributed by atoms with Crippen LogP contribution in [0.3, 0.4) is 0 Å². The quantitative estimate of drug-likeness (QED) is 0.804. The number of nitrogens with zero attached hydrogens (tertiary/aromatic N) is 1. The number of amides is 1. The molecule has 1 saturated heterocycles. The number of carbonyl (C=O) groups excluding carboxylic acids is 1. The fraction of sp³-hybridized carbons (Fsp3) is 0.500. The molecule has 2 N–H and O–H groups in total. The molecule has 1 atom stereocenters. The van der Waals surface area contributed by atoms with Gasteiger partial charge in [-0.3, -0.25) is 9.78 Å². The summed E-state index contributed by atoms with van der Waals surface area (Å²) in [6, 6.07) is 3.45. The third-order valence-electron chi connectivity index (χ3n) is 2.75. The Morgan fingerprint density at radius 2 is 2.53 bits per heavy atom. The normalized spacial score (nSPS) is 19.7. The molecule has 5 nitrogen and oxygen atoms in total. The Balaban J connectivity index is 2.02. The molecule has 1 aromatic heterocycles. The van der Waals surface area contributed by atoms with Crippen LogP contribution in [0.2, 0.25) is 0 Å². The van der Waals surface area contributed by atoms with Crippen LogP contribution in [0.4, 0.5) is 0 Å². The zero-order valence-electron chi connectivity index (χ0n) is 9.90. The summed E-state index contributed by atoms with van der Waals surface area (Å²) >= 11 is 0. The van der Waals surface area contributed by atoms with Crippen molar-refractivity contribution in [3.05, 3.63) is 24.0 Å². The zero-order chi connectivity index (χ0) is 12.1. The predicted octanol–water partition coefficient (Wildman–Crippen LogP) is 0.572. The average Bonchev–Trinajstić information content (AvgIpc) is 2.39. The van der Waals surface area contributed by atoms with Gasteiger partial charge in [-0.2, -0.15) is 0 Å². The van der Waals surface area contributed by atoms with E-state index in [4.69, 9.17) is 4.74 Å². The topological polar surface area (TPSA) is 63.2 Å². The fourth-order valence-electron chi connectivity index (χ4n) is 1.85. The average molecular weight is 235 g/mol. The molecule has 1 aliphatic rings.